The Kier molecular flexibility index (Phi) is 4.50. The van der Waals surface area contributed by atoms with Crippen LogP contribution in [0.2, 0.25) is 0 Å². The van der Waals surface area contributed by atoms with Crippen molar-refractivity contribution in [3.8, 4) is 17.2 Å². The molecule has 0 spiro atoms. The van der Waals surface area contributed by atoms with Crippen LogP contribution in [0.4, 0.5) is 0 Å². The fraction of sp³-hybridized carbons (Fsp3) is 0.571. The average molecular weight is 266 g/mol. The van der Waals surface area contributed by atoms with Gasteiger partial charge in [-0.05, 0) is 12.5 Å². The lowest BCUT2D eigenvalue weighted by Gasteiger charge is -2.20. The molecule has 0 amide bonds. The molecule has 1 unspecified atom stereocenters. The van der Waals surface area contributed by atoms with E-state index in [4.69, 9.17) is 19.9 Å². The minimum Gasteiger partial charge on any atom is -0.493 e. The van der Waals surface area contributed by atoms with Gasteiger partial charge in [-0.25, -0.2) is 0 Å². The molecule has 0 bridgehead atoms. The lowest BCUT2D eigenvalue weighted by atomic mass is 10.1. The summed E-state index contributed by atoms with van der Waals surface area (Å²) in [5.41, 5.74) is 7.03. The number of nitrogens with zero attached hydrogens (tertiary/aromatic N) is 1. The molecule has 5 heteroatoms. The molecule has 0 saturated carbocycles. The Bertz CT molecular complexity index is 437. The third kappa shape index (κ3) is 2.93. The van der Waals surface area contributed by atoms with Crippen LogP contribution in [-0.2, 0) is 6.54 Å². The molecule has 0 aromatic heterocycles. The third-order valence-electron chi connectivity index (χ3n) is 3.49. The van der Waals surface area contributed by atoms with Crippen molar-refractivity contribution in [3.05, 3.63) is 17.7 Å². The van der Waals surface area contributed by atoms with Gasteiger partial charge < -0.3 is 19.9 Å². The monoisotopic (exact) mass is 266 g/mol. The number of nitrogens with two attached hydrogens (primary N) is 1. The molecule has 1 heterocycles. The third-order valence-corrected chi connectivity index (χ3v) is 3.49. The molecule has 5 nitrogen and oxygen atoms in total. The van der Waals surface area contributed by atoms with E-state index in [-0.39, 0.29) is 6.04 Å². The van der Waals surface area contributed by atoms with E-state index in [1.807, 2.05) is 12.1 Å². The molecular weight excluding hydrogens is 244 g/mol. The van der Waals surface area contributed by atoms with Crippen LogP contribution in [-0.4, -0.2) is 45.4 Å². The minimum absolute atomic E-state index is 0.283. The SMILES string of the molecule is COc1ccc(CN2CCC(N)C2)c(OC)c1OC. The first kappa shape index (κ1) is 14.0. The number of methoxy groups -OCH3 is 3. The number of ether oxygens (including phenoxy) is 3. The lowest BCUT2D eigenvalue weighted by molar-refractivity contribution is 0.300. The van der Waals surface area contributed by atoms with E-state index in [0.717, 1.165) is 37.4 Å². The van der Waals surface area contributed by atoms with E-state index in [1.54, 1.807) is 21.3 Å². The number of rotatable bonds is 5. The molecule has 0 aliphatic carbocycles. The molecule has 1 saturated heterocycles. The zero-order chi connectivity index (χ0) is 13.8. The lowest BCUT2D eigenvalue weighted by Crippen LogP contribution is -2.26. The summed E-state index contributed by atoms with van der Waals surface area (Å²) in [6, 6.07) is 4.21. The van der Waals surface area contributed by atoms with Gasteiger partial charge in [0.25, 0.3) is 0 Å². The smallest absolute Gasteiger partial charge is 0.203 e. The van der Waals surface area contributed by atoms with Crippen LogP contribution in [0.3, 0.4) is 0 Å². The molecule has 1 aromatic rings. The van der Waals surface area contributed by atoms with Crippen LogP contribution < -0.4 is 19.9 Å². The Balaban J connectivity index is 2.24. The fourth-order valence-electron chi connectivity index (χ4n) is 2.53. The van der Waals surface area contributed by atoms with Gasteiger partial charge in [-0.1, -0.05) is 6.07 Å². The van der Waals surface area contributed by atoms with Gasteiger partial charge in [0.2, 0.25) is 5.75 Å². The summed E-state index contributed by atoms with van der Waals surface area (Å²) in [6.45, 7) is 2.77. The summed E-state index contributed by atoms with van der Waals surface area (Å²) >= 11 is 0. The molecule has 2 rings (SSSR count). The Labute approximate surface area is 114 Å². The second-order valence-corrected chi connectivity index (χ2v) is 4.78. The predicted molar refractivity (Wildman–Crippen MR) is 74.0 cm³/mol. The number of benzene rings is 1. The van der Waals surface area contributed by atoms with Crippen molar-refractivity contribution >= 4 is 0 Å². The second-order valence-electron chi connectivity index (χ2n) is 4.78. The van der Waals surface area contributed by atoms with Crippen LogP contribution in [0.25, 0.3) is 0 Å². The maximum absolute atomic E-state index is 5.93. The zero-order valence-corrected chi connectivity index (χ0v) is 11.8. The van der Waals surface area contributed by atoms with Gasteiger partial charge in [0.1, 0.15) is 0 Å². The summed E-state index contributed by atoms with van der Waals surface area (Å²) in [6.07, 6.45) is 1.05. The topological polar surface area (TPSA) is 57.0 Å². The van der Waals surface area contributed by atoms with Crippen LogP contribution in [0.5, 0.6) is 17.2 Å². The molecule has 1 atom stereocenters. The van der Waals surface area contributed by atoms with Crippen molar-refractivity contribution < 1.29 is 14.2 Å². The van der Waals surface area contributed by atoms with E-state index in [9.17, 15) is 0 Å². The minimum atomic E-state index is 0.283. The maximum Gasteiger partial charge on any atom is 0.203 e. The second kappa shape index (κ2) is 6.12. The molecule has 19 heavy (non-hydrogen) atoms. The summed E-state index contributed by atoms with van der Waals surface area (Å²) < 4.78 is 16.2. The van der Waals surface area contributed by atoms with Gasteiger partial charge in [-0.15, -0.1) is 0 Å². The standard InChI is InChI=1S/C14H22N2O3/c1-17-12-5-4-10(13(18-2)14(12)19-3)8-16-7-6-11(15)9-16/h4-5,11H,6-9,15H2,1-3H3. The molecule has 1 aliphatic rings. The first-order chi connectivity index (χ1) is 9.19. The maximum atomic E-state index is 5.93. The van der Waals surface area contributed by atoms with Gasteiger partial charge in [0.05, 0.1) is 21.3 Å². The summed E-state index contributed by atoms with van der Waals surface area (Å²) in [5.74, 6) is 2.06. The number of likely N-dealkylation sites (tertiary alicyclic amines) is 1. The summed E-state index contributed by atoms with van der Waals surface area (Å²) in [7, 11) is 4.89. The first-order valence-corrected chi connectivity index (χ1v) is 6.45. The van der Waals surface area contributed by atoms with Crippen LogP contribution in [0.15, 0.2) is 12.1 Å². The molecule has 2 N–H and O–H groups in total. The zero-order valence-electron chi connectivity index (χ0n) is 11.8. The molecule has 106 valence electrons. The van der Waals surface area contributed by atoms with Crippen molar-refractivity contribution in [2.45, 2.75) is 19.0 Å². The van der Waals surface area contributed by atoms with Gasteiger partial charge in [-0.3, -0.25) is 4.90 Å². The van der Waals surface area contributed by atoms with Crippen molar-refractivity contribution in [2.24, 2.45) is 5.73 Å². The van der Waals surface area contributed by atoms with E-state index < -0.39 is 0 Å². The van der Waals surface area contributed by atoms with Crippen molar-refractivity contribution in [1.29, 1.82) is 0 Å². The average Bonchev–Trinajstić information content (AvgIpc) is 2.83. The molecule has 0 radical (unpaired) electrons. The Morgan fingerprint density at radius 2 is 1.89 bits per heavy atom. The van der Waals surface area contributed by atoms with Crippen molar-refractivity contribution in [3.63, 3.8) is 0 Å². The number of hydrogen-bond acceptors (Lipinski definition) is 5. The fourth-order valence-corrected chi connectivity index (χ4v) is 2.53. The normalized spacial score (nSPS) is 19.5. The van der Waals surface area contributed by atoms with Crippen molar-refractivity contribution in [2.75, 3.05) is 34.4 Å². The molecule has 1 aromatic carbocycles. The number of hydrogen-bond donors (Lipinski definition) is 1. The van der Waals surface area contributed by atoms with Crippen LogP contribution in [0, 0.1) is 0 Å². The molecule has 1 fully saturated rings. The Morgan fingerprint density at radius 1 is 1.16 bits per heavy atom. The van der Waals surface area contributed by atoms with E-state index >= 15 is 0 Å². The predicted octanol–water partition coefficient (Wildman–Crippen LogP) is 1.25. The highest BCUT2D eigenvalue weighted by Gasteiger charge is 2.22. The summed E-state index contributed by atoms with van der Waals surface area (Å²) in [4.78, 5) is 2.33. The highest BCUT2D eigenvalue weighted by Crippen LogP contribution is 2.40. The Morgan fingerprint density at radius 3 is 2.42 bits per heavy atom. The summed E-state index contributed by atoms with van der Waals surface area (Å²) in [5, 5.41) is 0. The largest absolute Gasteiger partial charge is 0.493 e. The van der Waals surface area contributed by atoms with Gasteiger partial charge in [0, 0.05) is 31.2 Å². The molecular formula is C14H22N2O3. The van der Waals surface area contributed by atoms with Crippen molar-refractivity contribution in [1.82, 2.24) is 4.90 Å². The van der Waals surface area contributed by atoms with Gasteiger partial charge in [0.15, 0.2) is 11.5 Å². The van der Waals surface area contributed by atoms with Gasteiger partial charge >= 0.3 is 0 Å². The van der Waals surface area contributed by atoms with E-state index in [0.29, 0.717) is 11.5 Å². The highest BCUT2D eigenvalue weighted by atomic mass is 16.5. The van der Waals surface area contributed by atoms with Crippen LogP contribution >= 0.6 is 0 Å². The van der Waals surface area contributed by atoms with E-state index in [2.05, 4.69) is 4.90 Å². The van der Waals surface area contributed by atoms with E-state index in [1.165, 1.54) is 0 Å². The van der Waals surface area contributed by atoms with Crippen LogP contribution in [0.1, 0.15) is 12.0 Å². The highest BCUT2D eigenvalue weighted by molar-refractivity contribution is 5.55. The molecule has 1 aliphatic heterocycles. The Hall–Kier alpha value is -1.46. The first-order valence-electron chi connectivity index (χ1n) is 6.45. The quantitative estimate of drug-likeness (QED) is 0.869. The van der Waals surface area contributed by atoms with Gasteiger partial charge in [-0.2, -0.15) is 0 Å².